The van der Waals surface area contributed by atoms with Crippen LogP contribution in [0.3, 0.4) is 0 Å². The van der Waals surface area contributed by atoms with Gasteiger partial charge >= 0.3 is 5.97 Å². The number of hydrogen-bond acceptors (Lipinski definition) is 5. The van der Waals surface area contributed by atoms with Crippen molar-refractivity contribution in [3.05, 3.63) is 71.7 Å². The topological polar surface area (TPSA) is 86.1 Å². The van der Waals surface area contributed by atoms with E-state index in [1.807, 2.05) is 37.3 Å². The fourth-order valence-corrected chi connectivity index (χ4v) is 2.49. The van der Waals surface area contributed by atoms with Crippen molar-refractivity contribution >= 4 is 17.7 Å². The second-order valence-corrected chi connectivity index (χ2v) is 5.50. The average molecular weight is 350 g/mol. The van der Waals surface area contributed by atoms with Gasteiger partial charge in [-0.15, -0.1) is 0 Å². The molecule has 0 aliphatic rings. The van der Waals surface area contributed by atoms with Crippen molar-refractivity contribution in [2.75, 3.05) is 11.9 Å². The van der Waals surface area contributed by atoms with Crippen molar-refractivity contribution < 1.29 is 14.3 Å². The van der Waals surface area contributed by atoms with Crippen molar-refractivity contribution in [2.24, 2.45) is 0 Å². The summed E-state index contributed by atoms with van der Waals surface area (Å²) in [6.45, 7) is 3.83. The van der Waals surface area contributed by atoms with E-state index in [1.54, 1.807) is 11.6 Å². The highest BCUT2D eigenvalue weighted by atomic mass is 16.5. The molecular weight excluding hydrogens is 332 g/mol. The lowest BCUT2D eigenvalue weighted by molar-refractivity contribution is 0.0526. The molecule has 3 rings (SSSR count). The Labute approximate surface area is 150 Å². The third kappa shape index (κ3) is 3.61. The van der Waals surface area contributed by atoms with Crippen LogP contribution in [0.1, 0.15) is 33.3 Å². The van der Waals surface area contributed by atoms with E-state index in [9.17, 15) is 9.59 Å². The standard InChI is InChI=1S/C19H18N4O3/c1-3-26-19(25)14-9-10-20-17(11-14)22-18(24)16-12-21-23(13(16)2)15-7-5-4-6-8-15/h4-12H,3H2,1-2H3,(H,20,22,24). The number of carbonyl (C=O) groups is 2. The van der Waals surface area contributed by atoms with E-state index in [0.29, 0.717) is 16.8 Å². The number of para-hydroxylation sites is 1. The van der Waals surface area contributed by atoms with Gasteiger partial charge in [-0.25, -0.2) is 14.5 Å². The number of nitrogens with zero attached hydrogens (tertiary/aromatic N) is 3. The Morgan fingerprint density at radius 3 is 2.69 bits per heavy atom. The first-order chi connectivity index (χ1) is 12.6. The molecule has 0 saturated heterocycles. The van der Waals surface area contributed by atoms with Crippen LogP contribution in [0.25, 0.3) is 5.69 Å². The molecule has 7 heteroatoms. The SMILES string of the molecule is CCOC(=O)c1ccnc(NC(=O)c2cnn(-c3ccccc3)c2C)c1. The Balaban J connectivity index is 1.80. The van der Waals surface area contributed by atoms with E-state index in [4.69, 9.17) is 4.74 Å². The predicted octanol–water partition coefficient (Wildman–Crippen LogP) is 3.00. The van der Waals surface area contributed by atoms with Crippen LogP contribution < -0.4 is 5.32 Å². The number of hydrogen-bond donors (Lipinski definition) is 1. The fraction of sp³-hybridized carbons (Fsp3) is 0.158. The molecule has 3 aromatic rings. The van der Waals surface area contributed by atoms with Crippen molar-refractivity contribution in [1.82, 2.24) is 14.8 Å². The molecule has 132 valence electrons. The Morgan fingerprint density at radius 2 is 1.96 bits per heavy atom. The number of nitrogens with one attached hydrogen (secondary N) is 1. The van der Waals surface area contributed by atoms with Gasteiger partial charge in [-0.05, 0) is 38.1 Å². The smallest absolute Gasteiger partial charge is 0.338 e. The fourth-order valence-electron chi connectivity index (χ4n) is 2.49. The first kappa shape index (κ1) is 17.3. The minimum absolute atomic E-state index is 0.271. The highest BCUT2D eigenvalue weighted by molar-refractivity contribution is 6.05. The molecule has 1 N–H and O–H groups in total. The number of benzene rings is 1. The van der Waals surface area contributed by atoms with Crippen molar-refractivity contribution in [1.29, 1.82) is 0 Å². The molecule has 0 bridgehead atoms. The van der Waals surface area contributed by atoms with Gasteiger partial charge in [-0.3, -0.25) is 4.79 Å². The van der Waals surface area contributed by atoms with Crippen LogP contribution >= 0.6 is 0 Å². The lowest BCUT2D eigenvalue weighted by Crippen LogP contribution is -2.15. The van der Waals surface area contributed by atoms with Crippen LogP contribution in [0.5, 0.6) is 0 Å². The van der Waals surface area contributed by atoms with Gasteiger partial charge in [0.05, 0.1) is 35.3 Å². The largest absolute Gasteiger partial charge is 0.462 e. The lowest BCUT2D eigenvalue weighted by atomic mass is 10.2. The van der Waals surface area contributed by atoms with Gasteiger partial charge in [0.25, 0.3) is 5.91 Å². The van der Waals surface area contributed by atoms with Gasteiger partial charge < -0.3 is 10.1 Å². The van der Waals surface area contributed by atoms with E-state index < -0.39 is 5.97 Å². The summed E-state index contributed by atoms with van der Waals surface area (Å²) in [4.78, 5) is 28.4. The first-order valence-corrected chi connectivity index (χ1v) is 8.14. The minimum atomic E-state index is -0.460. The maximum absolute atomic E-state index is 12.6. The number of carbonyl (C=O) groups excluding carboxylic acids is 2. The Bertz CT molecular complexity index is 935. The summed E-state index contributed by atoms with van der Waals surface area (Å²) in [5.41, 5.74) is 2.33. The number of amides is 1. The molecule has 7 nitrogen and oxygen atoms in total. The van der Waals surface area contributed by atoms with E-state index >= 15 is 0 Å². The molecule has 0 saturated carbocycles. The monoisotopic (exact) mass is 350 g/mol. The molecule has 1 amide bonds. The van der Waals surface area contributed by atoms with E-state index in [1.165, 1.54) is 24.5 Å². The molecule has 2 aromatic heterocycles. The van der Waals surface area contributed by atoms with Gasteiger partial charge in [0.2, 0.25) is 0 Å². The summed E-state index contributed by atoms with van der Waals surface area (Å²) in [7, 11) is 0. The maximum Gasteiger partial charge on any atom is 0.338 e. The zero-order valence-electron chi connectivity index (χ0n) is 14.5. The number of aromatic nitrogens is 3. The second kappa shape index (κ2) is 7.60. The van der Waals surface area contributed by atoms with E-state index in [-0.39, 0.29) is 18.3 Å². The summed E-state index contributed by atoms with van der Waals surface area (Å²) < 4.78 is 6.64. The highest BCUT2D eigenvalue weighted by Gasteiger charge is 2.16. The summed E-state index contributed by atoms with van der Waals surface area (Å²) >= 11 is 0. The zero-order valence-corrected chi connectivity index (χ0v) is 14.5. The van der Waals surface area contributed by atoms with Gasteiger partial charge in [0, 0.05) is 6.20 Å². The van der Waals surface area contributed by atoms with Crippen molar-refractivity contribution in [3.63, 3.8) is 0 Å². The summed E-state index contributed by atoms with van der Waals surface area (Å²) in [6.07, 6.45) is 2.95. The van der Waals surface area contributed by atoms with Crippen LogP contribution in [0.15, 0.2) is 54.9 Å². The normalized spacial score (nSPS) is 10.4. The summed E-state index contributed by atoms with van der Waals surface area (Å²) in [5, 5.41) is 6.97. The molecule has 2 heterocycles. The van der Waals surface area contributed by atoms with Crippen LogP contribution in [-0.4, -0.2) is 33.2 Å². The molecule has 0 unspecified atom stereocenters. The third-order valence-corrected chi connectivity index (χ3v) is 3.77. The molecule has 0 aliphatic heterocycles. The summed E-state index contributed by atoms with van der Waals surface area (Å²) in [5.74, 6) is -0.538. The van der Waals surface area contributed by atoms with E-state index in [2.05, 4.69) is 15.4 Å². The number of ether oxygens (including phenoxy) is 1. The Kier molecular flexibility index (Phi) is 5.07. The van der Waals surface area contributed by atoms with Crippen LogP contribution in [0, 0.1) is 6.92 Å². The number of rotatable bonds is 5. The average Bonchev–Trinajstić information content (AvgIpc) is 3.04. The van der Waals surface area contributed by atoms with Crippen molar-refractivity contribution in [2.45, 2.75) is 13.8 Å². The predicted molar refractivity (Wildman–Crippen MR) is 96.4 cm³/mol. The molecule has 0 atom stereocenters. The molecule has 0 fully saturated rings. The van der Waals surface area contributed by atoms with Gasteiger partial charge in [0.1, 0.15) is 5.82 Å². The minimum Gasteiger partial charge on any atom is -0.462 e. The van der Waals surface area contributed by atoms with Gasteiger partial charge in [-0.2, -0.15) is 5.10 Å². The number of esters is 1. The quantitative estimate of drug-likeness (QED) is 0.715. The van der Waals surface area contributed by atoms with Crippen LogP contribution in [0.4, 0.5) is 5.82 Å². The molecule has 0 radical (unpaired) electrons. The second-order valence-electron chi connectivity index (χ2n) is 5.50. The number of pyridine rings is 1. The first-order valence-electron chi connectivity index (χ1n) is 8.14. The van der Waals surface area contributed by atoms with Gasteiger partial charge in [-0.1, -0.05) is 18.2 Å². The van der Waals surface area contributed by atoms with E-state index in [0.717, 1.165) is 5.69 Å². The molecule has 26 heavy (non-hydrogen) atoms. The molecule has 0 spiro atoms. The molecule has 0 aliphatic carbocycles. The Morgan fingerprint density at radius 1 is 1.19 bits per heavy atom. The third-order valence-electron chi connectivity index (χ3n) is 3.77. The Hall–Kier alpha value is -3.48. The van der Waals surface area contributed by atoms with Crippen LogP contribution in [0.2, 0.25) is 0 Å². The summed E-state index contributed by atoms with van der Waals surface area (Å²) in [6, 6.07) is 12.6. The zero-order chi connectivity index (χ0) is 18.5. The molecule has 1 aromatic carbocycles. The van der Waals surface area contributed by atoms with Crippen molar-refractivity contribution in [3.8, 4) is 5.69 Å². The van der Waals surface area contributed by atoms with Gasteiger partial charge in [0.15, 0.2) is 0 Å². The number of anilines is 1. The lowest BCUT2D eigenvalue weighted by Gasteiger charge is -2.07. The molecular formula is C19H18N4O3. The highest BCUT2D eigenvalue weighted by Crippen LogP contribution is 2.16. The van der Waals surface area contributed by atoms with Crippen LogP contribution in [-0.2, 0) is 4.74 Å². The maximum atomic E-state index is 12.6.